The maximum absolute atomic E-state index is 13.4. The molecular formula is C23H19Cl3N2O5S. The third-order valence-electron chi connectivity index (χ3n) is 4.53. The standard InChI is InChI=1S/C23H19Cl3N2O5S/c1-2-33-23(30)20-11-8-17(13-21(20)26)27-22(29)14-28(18-5-3-4-16(25)12-18)34(31,32)19-9-6-15(24)7-10-19/h3-13H,2,14H2,1H3,(H,27,29). The third-order valence-corrected chi connectivity index (χ3v) is 7.12. The predicted octanol–water partition coefficient (Wildman–Crippen LogP) is 5.66. The van der Waals surface area contributed by atoms with E-state index in [0.717, 1.165) is 4.31 Å². The molecule has 178 valence electrons. The summed E-state index contributed by atoms with van der Waals surface area (Å²) in [5.74, 6) is -1.23. The van der Waals surface area contributed by atoms with Crippen LogP contribution in [0, 0.1) is 0 Å². The van der Waals surface area contributed by atoms with Crippen molar-refractivity contribution >= 4 is 68.1 Å². The summed E-state index contributed by atoms with van der Waals surface area (Å²) < 4.78 is 32.6. The minimum Gasteiger partial charge on any atom is -0.462 e. The Bertz CT molecular complexity index is 1310. The van der Waals surface area contributed by atoms with E-state index in [2.05, 4.69) is 5.32 Å². The van der Waals surface area contributed by atoms with Gasteiger partial charge in [0.05, 0.1) is 27.8 Å². The number of benzene rings is 3. The highest BCUT2D eigenvalue weighted by Crippen LogP contribution is 2.27. The van der Waals surface area contributed by atoms with Gasteiger partial charge in [-0.2, -0.15) is 0 Å². The molecule has 0 fully saturated rings. The Morgan fingerprint density at radius 2 is 1.65 bits per heavy atom. The van der Waals surface area contributed by atoms with Crippen molar-refractivity contribution < 1.29 is 22.7 Å². The molecule has 3 aromatic rings. The molecule has 0 aliphatic carbocycles. The maximum atomic E-state index is 13.4. The Labute approximate surface area is 212 Å². The number of amides is 1. The molecule has 0 aliphatic heterocycles. The first-order chi connectivity index (χ1) is 16.1. The molecule has 0 aliphatic rings. The summed E-state index contributed by atoms with van der Waals surface area (Å²) in [6.45, 7) is 1.31. The number of carbonyl (C=O) groups is 2. The van der Waals surface area contributed by atoms with E-state index in [0.29, 0.717) is 10.0 Å². The van der Waals surface area contributed by atoms with Crippen molar-refractivity contribution in [3.63, 3.8) is 0 Å². The lowest BCUT2D eigenvalue weighted by Gasteiger charge is -2.24. The number of hydrogen-bond acceptors (Lipinski definition) is 5. The summed E-state index contributed by atoms with van der Waals surface area (Å²) in [6, 6.07) is 16.0. The number of halogens is 3. The molecular weight excluding hydrogens is 523 g/mol. The van der Waals surface area contributed by atoms with Gasteiger partial charge in [-0.25, -0.2) is 13.2 Å². The van der Waals surface area contributed by atoms with Crippen LogP contribution in [0.3, 0.4) is 0 Å². The van der Waals surface area contributed by atoms with Gasteiger partial charge in [0.25, 0.3) is 10.0 Å². The van der Waals surface area contributed by atoms with E-state index in [1.165, 1.54) is 54.6 Å². The Balaban J connectivity index is 1.88. The lowest BCUT2D eigenvalue weighted by molar-refractivity contribution is -0.114. The molecule has 3 aromatic carbocycles. The second-order valence-corrected chi connectivity index (χ2v) is 10.1. The van der Waals surface area contributed by atoms with Crippen LogP contribution in [0.25, 0.3) is 0 Å². The van der Waals surface area contributed by atoms with Crippen LogP contribution in [0.15, 0.2) is 71.6 Å². The Kier molecular flexibility index (Phi) is 8.43. The first-order valence-electron chi connectivity index (χ1n) is 9.92. The van der Waals surface area contributed by atoms with Crippen molar-refractivity contribution in [2.24, 2.45) is 0 Å². The molecule has 0 aromatic heterocycles. The summed E-state index contributed by atoms with van der Waals surface area (Å²) in [7, 11) is -4.14. The highest BCUT2D eigenvalue weighted by atomic mass is 35.5. The van der Waals surface area contributed by atoms with Gasteiger partial charge in [-0.05, 0) is 67.6 Å². The van der Waals surface area contributed by atoms with E-state index in [1.54, 1.807) is 19.1 Å². The fraction of sp³-hybridized carbons (Fsp3) is 0.130. The zero-order chi connectivity index (χ0) is 24.9. The van der Waals surface area contributed by atoms with Gasteiger partial charge in [-0.1, -0.05) is 40.9 Å². The summed E-state index contributed by atoms with van der Waals surface area (Å²) in [5, 5.41) is 3.34. The minimum atomic E-state index is -4.14. The second kappa shape index (κ2) is 11.1. The van der Waals surface area contributed by atoms with Crippen molar-refractivity contribution in [3.05, 3.63) is 87.4 Å². The molecule has 0 heterocycles. The van der Waals surface area contributed by atoms with Crippen LogP contribution in [-0.2, 0) is 19.6 Å². The van der Waals surface area contributed by atoms with E-state index in [4.69, 9.17) is 39.5 Å². The normalized spacial score (nSPS) is 11.1. The number of nitrogens with one attached hydrogen (secondary N) is 1. The molecule has 34 heavy (non-hydrogen) atoms. The first kappa shape index (κ1) is 25.8. The van der Waals surface area contributed by atoms with Gasteiger partial charge >= 0.3 is 5.97 Å². The van der Waals surface area contributed by atoms with Crippen molar-refractivity contribution in [3.8, 4) is 0 Å². The van der Waals surface area contributed by atoms with Crippen molar-refractivity contribution in [2.75, 3.05) is 22.8 Å². The lowest BCUT2D eigenvalue weighted by atomic mass is 10.2. The largest absolute Gasteiger partial charge is 0.462 e. The molecule has 1 N–H and O–H groups in total. The molecule has 0 atom stereocenters. The molecule has 0 spiro atoms. The fourth-order valence-corrected chi connectivity index (χ4v) is 4.96. The number of carbonyl (C=O) groups excluding carboxylic acids is 2. The van der Waals surface area contributed by atoms with E-state index in [-0.39, 0.29) is 33.5 Å². The molecule has 7 nitrogen and oxygen atoms in total. The van der Waals surface area contributed by atoms with E-state index >= 15 is 0 Å². The van der Waals surface area contributed by atoms with Gasteiger partial charge in [-0.15, -0.1) is 0 Å². The third kappa shape index (κ3) is 6.21. The molecule has 1 amide bonds. The molecule has 0 bridgehead atoms. The molecule has 0 radical (unpaired) electrons. The number of esters is 1. The SMILES string of the molecule is CCOC(=O)c1ccc(NC(=O)CN(c2cccc(Cl)c2)S(=O)(=O)c2ccc(Cl)cc2)cc1Cl. The molecule has 3 rings (SSSR count). The van der Waals surface area contributed by atoms with Crippen molar-refractivity contribution in [1.82, 2.24) is 0 Å². The van der Waals surface area contributed by atoms with Crippen LogP contribution in [0.5, 0.6) is 0 Å². The van der Waals surface area contributed by atoms with Crippen LogP contribution in [0.1, 0.15) is 17.3 Å². The summed E-state index contributed by atoms with van der Waals surface area (Å²) in [6.07, 6.45) is 0. The number of anilines is 2. The Morgan fingerprint density at radius 3 is 2.26 bits per heavy atom. The van der Waals surface area contributed by atoms with Crippen molar-refractivity contribution in [1.29, 1.82) is 0 Å². The van der Waals surface area contributed by atoms with Gasteiger partial charge in [0.15, 0.2) is 0 Å². The summed E-state index contributed by atoms with van der Waals surface area (Å²) >= 11 is 18.1. The molecule has 0 saturated carbocycles. The highest BCUT2D eigenvalue weighted by Gasteiger charge is 2.27. The average Bonchev–Trinajstić information content (AvgIpc) is 2.78. The Hall–Kier alpha value is -2.78. The number of ether oxygens (including phenoxy) is 1. The van der Waals surface area contributed by atoms with Crippen LogP contribution < -0.4 is 9.62 Å². The second-order valence-electron chi connectivity index (χ2n) is 6.91. The monoisotopic (exact) mass is 540 g/mol. The topological polar surface area (TPSA) is 92.8 Å². The smallest absolute Gasteiger partial charge is 0.339 e. The van der Waals surface area contributed by atoms with Gasteiger partial charge in [0, 0.05) is 15.7 Å². The molecule has 11 heteroatoms. The van der Waals surface area contributed by atoms with Crippen molar-refractivity contribution in [2.45, 2.75) is 11.8 Å². The zero-order valence-electron chi connectivity index (χ0n) is 17.8. The number of nitrogens with zero attached hydrogens (tertiary/aromatic N) is 1. The van der Waals surface area contributed by atoms with Crippen LogP contribution in [-0.4, -0.2) is 33.4 Å². The van der Waals surface area contributed by atoms with E-state index < -0.39 is 28.4 Å². The van der Waals surface area contributed by atoms with Gasteiger partial charge in [0.2, 0.25) is 5.91 Å². The van der Waals surface area contributed by atoms with Crippen LogP contribution in [0.4, 0.5) is 11.4 Å². The van der Waals surface area contributed by atoms with Gasteiger partial charge in [-0.3, -0.25) is 9.10 Å². The van der Waals surface area contributed by atoms with Gasteiger partial charge < -0.3 is 10.1 Å². The summed E-state index contributed by atoms with van der Waals surface area (Å²) in [5.41, 5.74) is 0.624. The number of sulfonamides is 1. The predicted molar refractivity (Wildman–Crippen MR) is 133 cm³/mol. The van der Waals surface area contributed by atoms with E-state index in [9.17, 15) is 18.0 Å². The zero-order valence-corrected chi connectivity index (χ0v) is 20.9. The lowest BCUT2D eigenvalue weighted by Crippen LogP contribution is -2.38. The first-order valence-corrected chi connectivity index (χ1v) is 12.5. The number of hydrogen-bond donors (Lipinski definition) is 1. The quantitative estimate of drug-likeness (QED) is 0.372. The minimum absolute atomic E-state index is 0.0495. The van der Waals surface area contributed by atoms with E-state index in [1.807, 2.05) is 0 Å². The Morgan fingerprint density at radius 1 is 0.941 bits per heavy atom. The van der Waals surface area contributed by atoms with Crippen LogP contribution >= 0.6 is 34.8 Å². The fourth-order valence-electron chi connectivity index (χ4n) is 2.98. The summed E-state index contributed by atoms with van der Waals surface area (Å²) in [4.78, 5) is 24.7. The average molecular weight is 542 g/mol. The van der Waals surface area contributed by atoms with Gasteiger partial charge in [0.1, 0.15) is 6.54 Å². The number of rotatable bonds is 8. The molecule has 0 unspecified atom stereocenters. The molecule has 0 saturated heterocycles. The van der Waals surface area contributed by atoms with Crippen LogP contribution in [0.2, 0.25) is 15.1 Å². The highest BCUT2D eigenvalue weighted by molar-refractivity contribution is 7.92. The maximum Gasteiger partial charge on any atom is 0.339 e.